The third-order valence-electron chi connectivity index (χ3n) is 11.1. The van der Waals surface area contributed by atoms with Gasteiger partial charge in [0.2, 0.25) is 11.8 Å². The fourth-order valence-corrected chi connectivity index (χ4v) is 8.72. The maximum atomic E-state index is 15.1. The highest BCUT2D eigenvalue weighted by Crippen LogP contribution is 2.39. The number of halogens is 7. The SMILES string of the molecule is Brc1ccnc(Br)n1.CC1(C)OB(c2cc(F)c3c(c2)CCN3C(=O)Cc2cccnc2Cl)OC1(C)C.O=C(Cc1cccnc1Cl)N1CCc2cc(-c3ccnc(Br)n3)cc(F)c21. The van der Waals surface area contributed by atoms with E-state index in [1.54, 1.807) is 61.2 Å². The fraction of sp³-hybridized carbons (Fsp3) is 0.273. The predicted octanol–water partition coefficient (Wildman–Crippen LogP) is 9.53. The molecule has 0 unspecified atom stereocenters. The Morgan fingerprint density at radius 3 is 1.67 bits per heavy atom. The van der Waals surface area contributed by atoms with Crippen LogP contribution in [0.15, 0.2) is 99.5 Å². The second kappa shape index (κ2) is 20.1. The number of hydrogen-bond donors (Lipinski definition) is 0. The molecule has 9 rings (SSSR count). The van der Waals surface area contributed by atoms with Gasteiger partial charge in [-0.2, -0.15) is 0 Å². The molecule has 2 aromatic carbocycles. The van der Waals surface area contributed by atoms with Crippen molar-refractivity contribution in [3.8, 4) is 11.3 Å². The third-order valence-corrected chi connectivity index (χ3v) is 12.9. The lowest BCUT2D eigenvalue weighted by molar-refractivity contribution is -0.118. The van der Waals surface area contributed by atoms with Crippen LogP contribution >= 0.6 is 71.0 Å². The molecule has 0 saturated carbocycles. The van der Waals surface area contributed by atoms with Crippen molar-refractivity contribution in [3.05, 3.63) is 144 Å². The van der Waals surface area contributed by atoms with Crippen molar-refractivity contribution in [1.29, 1.82) is 0 Å². The molecule has 4 aromatic heterocycles. The van der Waals surface area contributed by atoms with Gasteiger partial charge in [0, 0.05) is 43.4 Å². The number of fused-ring (bicyclic) bond motifs is 2. The van der Waals surface area contributed by atoms with Crippen molar-refractivity contribution < 1.29 is 27.7 Å². The average molecular weight is 1100 g/mol. The number of amides is 2. The van der Waals surface area contributed by atoms with Crippen LogP contribution in [-0.2, 0) is 44.6 Å². The third kappa shape index (κ3) is 10.9. The van der Waals surface area contributed by atoms with E-state index < -0.39 is 30.0 Å². The van der Waals surface area contributed by atoms with Crippen LogP contribution in [0.5, 0.6) is 0 Å². The van der Waals surface area contributed by atoms with Crippen LogP contribution in [0.3, 0.4) is 0 Å². The molecule has 12 nitrogen and oxygen atoms in total. The Balaban J connectivity index is 0.000000163. The van der Waals surface area contributed by atoms with E-state index >= 15 is 4.39 Å². The minimum absolute atomic E-state index is 0.0739. The van der Waals surface area contributed by atoms with Gasteiger partial charge in [-0.1, -0.05) is 41.4 Å². The summed E-state index contributed by atoms with van der Waals surface area (Å²) in [6.45, 7) is 8.69. The van der Waals surface area contributed by atoms with Crippen LogP contribution in [0.1, 0.15) is 49.9 Å². The van der Waals surface area contributed by atoms with E-state index in [9.17, 15) is 14.0 Å². The normalized spacial score (nSPS) is 15.5. The monoisotopic (exact) mass is 1100 g/mol. The summed E-state index contributed by atoms with van der Waals surface area (Å²) in [5.74, 6) is -1.31. The smallest absolute Gasteiger partial charge is 0.399 e. The Morgan fingerprint density at radius 1 is 0.688 bits per heavy atom. The summed E-state index contributed by atoms with van der Waals surface area (Å²) < 4.78 is 43.9. The standard InChI is InChI=1S/C21H23BClFN2O3.C19H13BrClFN4O.C4H2Br2N2/c1-20(2)21(3,4)29-22(28-20)15-10-13-7-9-26(18(13)16(24)12-15)17(27)11-14-6-5-8-25-19(14)23;20-19-24-6-3-15(25-19)13-8-11-4-7-26(17(11)14(22)9-13)16(27)10-12-2-1-5-23-18(12)21;5-3-1-2-7-4(6)8-3/h5-6,8,10,12H,7,9,11H2,1-4H3;1-3,5-6,8-9H,4,7,10H2;1-2H. The molecule has 2 amide bonds. The van der Waals surface area contributed by atoms with Gasteiger partial charge in [-0.3, -0.25) is 9.59 Å². The lowest BCUT2D eigenvalue weighted by atomic mass is 9.78. The molecule has 1 fully saturated rings. The summed E-state index contributed by atoms with van der Waals surface area (Å²) in [6, 6.07) is 17.0. The van der Waals surface area contributed by atoms with Crippen LogP contribution in [0, 0.1) is 11.6 Å². The topological polar surface area (TPSA) is 136 Å². The van der Waals surface area contributed by atoms with E-state index in [1.165, 1.54) is 21.9 Å². The maximum Gasteiger partial charge on any atom is 0.494 e. The van der Waals surface area contributed by atoms with Crippen LogP contribution in [0.25, 0.3) is 11.3 Å². The molecular weight excluding hydrogens is 1060 g/mol. The first-order chi connectivity index (χ1) is 30.4. The highest BCUT2D eigenvalue weighted by atomic mass is 79.9. The summed E-state index contributed by atoms with van der Waals surface area (Å²) in [7, 11) is -0.640. The molecule has 0 bridgehead atoms. The molecule has 0 atom stereocenters. The summed E-state index contributed by atoms with van der Waals surface area (Å²) >= 11 is 21.6. The molecule has 330 valence electrons. The molecule has 0 radical (unpaired) electrons. The van der Waals surface area contributed by atoms with Gasteiger partial charge in [0.05, 0.1) is 41.1 Å². The molecule has 64 heavy (non-hydrogen) atoms. The first kappa shape index (κ1) is 47.7. The van der Waals surface area contributed by atoms with Crippen molar-refractivity contribution >= 4 is 107 Å². The molecule has 0 aliphatic carbocycles. The van der Waals surface area contributed by atoms with Crippen LogP contribution < -0.4 is 15.3 Å². The molecule has 0 N–H and O–H groups in total. The number of carbonyl (C=O) groups excluding carboxylic acids is 2. The molecule has 3 aliphatic heterocycles. The molecule has 3 aliphatic rings. The summed E-state index contributed by atoms with van der Waals surface area (Å²) in [6.07, 6.45) is 7.71. The Bertz CT molecular complexity index is 2710. The van der Waals surface area contributed by atoms with E-state index in [0.717, 1.165) is 15.7 Å². The molecule has 1 saturated heterocycles. The summed E-state index contributed by atoms with van der Waals surface area (Å²) in [5, 5.41) is 0.576. The van der Waals surface area contributed by atoms with E-state index in [1.807, 2.05) is 39.8 Å². The number of carbonyl (C=O) groups is 2. The Kier molecular flexibility index (Phi) is 14.9. The lowest BCUT2D eigenvalue weighted by Gasteiger charge is -2.32. The fourth-order valence-electron chi connectivity index (χ4n) is 7.20. The maximum absolute atomic E-state index is 15.1. The number of nitrogens with zero attached hydrogens (tertiary/aromatic N) is 8. The molecule has 0 spiro atoms. The van der Waals surface area contributed by atoms with E-state index in [0.29, 0.717) is 74.6 Å². The molecular formula is C44H38BBr3Cl2F2N8O4. The van der Waals surface area contributed by atoms with Gasteiger partial charge < -0.3 is 19.1 Å². The minimum Gasteiger partial charge on any atom is -0.399 e. The Hall–Kier alpha value is -4.30. The first-order valence-corrected chi connectivity index (χ1v) is 23.0. The summed E-state index contributed by atoms with van der Waals surface area (Å²) in [5.41, 5.74) is 4.37. The van der Waals surface area contributed by atoms with E-state index in [4.69, 9.17) is 32.5 Å². The van der Waals surface area contributed by atoms with E-state index in [-0.39, 0.29) is 35.0 Å². The highest BCUT2D eigenvalue weighted by molar-refractivity contribution is 9.11. The summed E-state index contributed by atoms with van der Waals surface area (Å²) in [4.78, 5) is 52.4. The number of pyridine rings is 2. The zero-order chi connectivity index (χ0) is 45.9. The number of aromatic nitrogens is 6. The van der Waals surface area contributed by atoms with E-state index in [2.05, 4.69) is 77.7 Å². The number of benzene rings is 2. The van der Waals surface area contributed by atoms with Gasteiger partial charge in [0.15, 0.2) is 9.47 Å². The van der Waals surface area contributed by atoms with Gasteiger partial charge in [0.25, 0.3) is 0 Å². The number of rotatable bonds is 6. The molecule has 7 heterocycles. The van der Waals surface area contributed by atoms with Crippen molar-refractivity contribution in [1.82, 2.24) is 29.9 Å². The molecule has 6 aromatic rings. The molecule has 20 heteroatoms. The zero-order valence-electron chi connectivity index (χ0n) is 34.8. The quantitative estimate of drug-likeness (QED) is 0.0687. The Morgan fingerprint density at radius 2 is 1.19 bits per heavy atom. The first-order valence-electron chi connectivity index (χ1n) is 19.8. The van der Waals surface area contributed by atoms with Crippen molar-refractivity contribution in [3.63, 3.8) is 0 Å². The van der Waals surface area contributed by atoms with Crippen molar-refractivity contribution in [2.24, 2.45) is 0 Å². The largest absolute Gasteiger partial charge is 0.494 e. The van der Waals surface area contributed by atoms with Gasteiger partial charge in [-0.25, -0.2) is 38.7 Å². The average Bonchev–Trinajstić information content (AvgIpc) is 3.94. The van der Waals surface area contributed by atoms with Gasteiger partial charge in [0.1, 0.15) is 26.5 Å². The van der Waals surface area contributed by atoms with Crippen LogP contribution in [-0.4, -0.2) is 73.1 Å². The second-order valence-corrected chi connectivity index (χ2v) is 18.7. The highest BCUT2D eigenvalue weighted by Gasteiger charge is 2.52. The van der Waals surface area contributed by atoms with Crippen molar-refractivity contribution in [2.75, 3.05) is 22.9 Å². The lowest BCUT2D eigenvalue weighted by Crippen LogP contribution is -2.41. The van der Waals surface area contributed by atoms with Gasteiger partial charge >= 0.3 is 7.12 Å². The van der Waals surface area contributed by atoms with Crippen LogP contribution in [0.2, 0.25) is 10.3 Å². The Labute approximate surface area is 404 Å². The van der Waals surface area contributed by atoms with Gasteiger partial charge in [-0.05, 0) is 159 Å². The predicted molar refractivity (Wildman–Crippen MR) is 253 cm³/mol. The minimum atomic E-state index is -0.640. The zero-order valence-corrected chi connectivity index (χ0v) is 41.0. The second-order valence-electron chi connectivity index (χ2n) is 15.8. The van der Waals surface area contributed by atoms with Gasteiger partial charge in [-0.15, -0.1) is 0 Å². The number of hydrogen-bond acceptors (Lipinski definition) is 10. The number of anilines is 2. The van der Waals surface area contributed by atoms with Crippen molar-refractivity contribution in [2.45, 2.75) is 64.6 Å². The van der Waals surface area contributed by atoms with Crippen LogP contribution in [0.4, 0.5) is 20.2 Å².